The minimum atomic E-state index is -0.899. The second-order valence-electron chi connectivity index (χ2n) is 7.38. The summed E-state index contributed by atoms with van der Waals surface area (Å²) in [4.78, 5) is 39.1. The molecule has 0 unspecified atom stereocenters. The fourth-order valence-electron chi connectivity index (χ4n) is 3.30. The van der Waals surface area contributed by atoms with Crippen LogP contribution in [0.4, 0.5) is 10.5 Å². The lowest BCUT2D eigenvalue weighted by Crippen LogP contribution is -2.54. The van der Waals surface area contributed by atoms with Crippen molar-refractivity contribution in [3.8, 4) is 11.5 Å². The van der Waals surface area contributed by atoms with Crippen LogP contribution < -0.4 is 19.7 Å². The largest absolute Gasteiger partial charge is 0.497 e. The number of ether oxygens (including phenoxy) is 2. The molecule has 3 aromatic carbocycles. The van der Waals surface area contributed by atoms with Crippen LogP contribution in [-0.2, 0) is 16.2 Å². The molecule has 0 radical (unpaired) electrons. The lowest BCUT2D eigenvalue weighted by molar-refractivity contribution is -0.122. The van der Waals surface area contributed by atoms with Crippen LogP contribution in [0.1, 0.15) is 11.1 Å². The van der Waals surface area contributed by atoms with E-state index in [-0.39, 0.29) is 27.9 Å². The fraction of sp³-hybridized carbons (Fsp3) is 0.0800. The summed E-state index contributed by atoms with van der Waals surface area (Å²) in [6, 6.07) is 15.4. The average Bonchev–Trinajstić information content (AvgIpc) is 2.84. The van der Waals surface area contributed by atoms with Crippen molar-refractivity contribution in [2.24, 2.45) is 0 Å². The van der Waals surface area contributed by atoms with E-state index in [2.05, 4.69) is 5.32 Å². The zero-order valence-electron chi connectivity index (χ0n) is 18.2. The number of amides is 4. The number of imide groups is 2. The molecule has 0 saturated carbocycles. The maximum Gasteiger partial charge on any atom is 0.335 e. The van der Waals surface area contributed by atoms with Crippen LogP contribution in [0.25, 0.3) is 6.08 Å². The highest BCUT2D eigenvalue weighted by Gasteiger charge is 2.37. The van der Waals surface area contributed by atoms with E-state index in [1.165, 1.54) is 31.4 Å². The number of methoxy groups -OCH3 is 1. The number of hydrogen-bond acceptors (Lipinski definition) is 5. The molecule has 0 spiro atoms. The first-order valence-electron chi connectivity index (χ1n) is 10.2. The smallest absolute Gasteiger partial charge is 0.335 e. The van der Waals surface area contributed by atoms with Crippen LogP contribution in [0, 0.1) is 0 Å². The maximum atomic E-state index is 13.2. The van der Waals surface area contributed by atoms with Gasteiger partial charge in [0.15, 0.2) is 0 Å². The van der Waals surface area contributed by atoms with Gasteiger partial charge in [-0.2, -0.15) is 0 Å². The van der Waals surface area contributed by atoms with E-state index in [0.717, 1.165) is 10.5 Å². The molecule has 1 aliphatic rings. The van der Waals surface area contributed by atoms with Crippen LogP contribution >= 0.6 is 34.8 Å². The summed E-state index contributed by atoms with van der Waals surface area (Å²) >= 11 is 17.9. The number of hydrogen-bond donors (Lipinski definition) is 1. The third-order valence-electron chi connectivity index (χ3n) is 5.09. The van der Waals surface area contributed by atoms with E-state index in [0.29, 0.717) is 22.1 Å². The first kappa shape index (κ1) is 24.6. The van der Waals surface area contributed by atoms with Gasteiger partial charge in [0.25, 0.3) is 11.8 Å². The Labute approximate surface area is 215 Å². The lowest BCUT2D eigenvalue weighted by atomic mass is 10.1. The van der Waals surface area contributed by atoms with Crippen LogP contribution in [0.15, 0.2) is 66.2 Å². The Balaban J connectivity index is 1.68. The summed E-state index contributed by atoms with van der Waals surface area (Å²) in [6.45, 7) is 0.203. The zero-order valence-corrected chi connectivity index (χ0v) is 20.4. The van der Waals surface area contributed by atoms with Crippen molar-refractivity contribution in [1.82, 2.24) is 5.32 Å². The van der Waals surface area contributed by atoms with E-state index >= 15 is 0 Å². The molecule has 7 nitrogen and oxygen atoms in total. The van der Waals surface area contributed by atoms with Crippen molar-refractivity contribution >= 4 is 64.4 Å². The molecule has 0 atom stereocenters. The molecule has 1 saturated heterocycles. The SMILES string of the molecule is COc1ccc(/C=C2\C(=O)NC(=O)N(c3ccc(Cl)c(Cl)c3)C2=O)c(OCc2ccc(Cl)cc2)c1. The van der Waals surface area contributed by atoms with Gasteiger partial charge >= 0.3 is 6.03 Å². The molecule has 0 aliphatic carbocycles. The topological polar surface area (TPSA) is 84.9 Å². The van der Waals surface area contributed by atoms with Gasteiger partial charge in [0.2, 0.25) is 0 Å². The molecule has 0 aromatic heterocycles. The predicted octanol–water partition coefficient (Wildman–Crippen LogP) is 5.90. The van der Waals surface area contributed by atoms with Gasteiger partial charge in [-0.3, -0.25) is 14.9 Å². The number of carbonyl (C=O) groups excluding carboxylic acids is 3. The zero-order chi connectivity index (χ0) is 25.1. The number of rotatable bonds is 6. The van der Waals surface area contributed by atoms with Gasteiger partial charge < -0.3 is 9.47 Å². The van der Waals surface area contributed by atoms with E-state index in [4.69, 9.17) is 44.3 Å². The van der Waals surface area contributed by atoms with Crippen molar-refractivity contribution < 1.29 is 23.9 Å². The van der Waals surface area contributed by atoms with Gasteiger partial charge in [0, 0.05) is 16.7 Å². The molecule has 4 amide bonds. The van der Waals surface area contributed by atoms with Gasteiger partial charge in [-0.15, -0.1) is 0 Å². The van der Waals surface area contributed by atoms with Crippen LogP contribution in [0.5, 0.6) is 11.5 Å². The Morgan fingerprint density at radius 1 is 0.914 bits per heavy atom. The number of urea groups is 1. The van der Waals surface area contributed by atoms with Crippen molar-refractivity contribution in [3.63, 3.8) is 0 Å². The molecule has 10 heteroatoms. The fourth-order valence-corrected chi connectivity index (χ4v) is 3.72. The molecule has 178 valence electrons. The van der Waals surface area contributed by atoms with Crippen molar-refractivity contribution in [2.45, 2.75) is 6.61 Å². The number of benzene rings is 3. The average molecular weight is 532 g/mol. The quantitative estimate of drug-likeness (QED) is 0.316. The standard InChI is InChI=1S/C25H17Cl3N2O5/c1-34-18-8-4-15(22(12-18)35-13-14-2-5-16(26)6-3-14)10-19-23(31)29-25(33)30(24(19)32)17-7-9-20(27)21(28)11-17/h2-12H,13H2,1H3,(H,29,31,33)/b19-10+. The first-order valence-corrected chi connectivity index (χ1v) is 11.3. The van der Waals surface area contributed by atoms with E-state index in [1.54, 1.807) is 30.3 Å². The molecule has 1 aliphatic heterocycles. The Morgan fingerprint density at radius 2 is 1.66 bits per heavy atom. The number of nitrogens with one attached hydrogen (secondary N) is 1. The van der Waals surface area contributed by atoms with Gasteiger partial charge in [0.05, 0.1) is 22.8 Å². The highest BCUT2D eigenvalue weighted by Crippen LogP contribution is 2.31. The maximum absolute atomic E-state index is 13.2. The van der Waals surface area contributed by atoms with Gasteiger partial charge in [-0.05, 0) is 54.1 Å². The number of barbiturate groups is 1. The Bertz CT molecular complexity index is 1360. The second-order valence-corrected chi connectivity index (χ2v) is 8.63. The first-order chi connectivity index (χ1) is 16.8. The summed E-state index contributed by atoms with van der Waals surface area (Å²) in [5.41, 5.74) is 1.19. The van der Waals surface area contributed by atoms with Crippen molar-refractivity contribution in [2.75, 3.05) is 12.0 Å². The van der Waals surface area contributed by atoms with Crippen molar-refractivity contribution in [1.29, 1.82) is 0 Å². The third kappa shape index (κ3) is 5.43. The molecule has 3 aromatic rings. The van der Waals surface area contributed by atoms with Gasteiger partial charge in [-0.25, -0.2) is 9.69 Å². The minimum absolute atomic E-state index is 0.153. The summed E-state index contributed by atoms with van der Waals surface area (Å²) in [6.07, 6.45) is 1.35. The number of nitrogens with zero attached hydrogens (tertiary/aromatic N) is 1. The molecule has 1 fully saturated rings. The van der Waals surface area contributed by atoms with Crippen LogP contribution in [0.3, 0.4) is 0 Å². The third-order valence-corrected chi connectivity index (χ3v) is 6.08. The second kappa shape index (κ2) is 10.4. The predicted molar refractivity (Wildman–Crippen MR) is 134 cm³/mol. The number of carbonyl (C=O) groups is 3. The normalized spacial score (nSPS) is 14.8. The Kier molecular flexibility index (Phi) is 7.31. The highest BCUT2D eigenvalue weighted by molar-refractivity contribution is 6.43. The summed E-state index contributed by atoms with van der Waals surface area (Å²) < 4.78 is 11.2. The summed E-state index contributed by atoms with van der Waals surface area (Å²) in [5.74, 6) is -0.775. The van der Waals surface area contributed by atoms with Crippen LogP contribution in [0.2, 0.25) is 15.1 Å². The molecular formula is C25H17Cl3N2O5. The molecule has 1 heterocycles. The molecule has 35 heavy (non-hydrogen) atoms. The van der Waals surface area contributed by atoms with Gasteiger partial charge in [0.1, 0.15) is 23.7 Å². The van der Waals surface area contributed by atoms with E-state index in [1.807, 2.05) is 12.1 Å². The molecule has 1 N–H and O–H groups in total. The van der Waals surface area contributed by atoms with Gasteiger partial charge in [-0.1, -0.05) is 46.9 Å². The van der Waals surface area contributed by atoms with E-state index < -0.39 is 17.8 Å². The minimum Gasteiger partial charge on any atom is -0.497 e. The molecule has 4 rings (SSSR count). The summed E-state index contributed by atoms with van der Waals surface area (Å²) in [7, 11) is 1.51. The van der Waals surface area contributed by atoms with Crippen molar-refractivity contribution in [3.05, 3.63) is 92.4 Å². The Morgan fingerprint density at radius 3 is 2.34 bits per heavy atom. The molecule has 0 bridgehead atoms. The Hall–Kier alpha value is -3.52. The number of anilines is 1. The highest BCUT2D eigenvalue weighted by atomic mass is 35.5. The van der Waals surface area contributed by atoms with E-state index in [9.17, 15) is 14.4 Å². The lowest BCUT2D eigenvalue weighted by Gasteiger charge is -2.26. The molecular weight excluding hydrogens is 515 g/mol. The van der Waals surface area contributed by atoms with Crippen LogP contribution in [-0.4, -0.2) is 25.0 Å². The monoisotopic (exact) mass is 530 g/mol. The number of halogens is 3. The summed E-state index contributed by atoms with van der Waals surface area (Å²) in [5, 5.41) is 3.18.